The van der Waals surface area contributed by atoms with Crippen molar-refractivity contribution in [1.29, 1.82) is 0 Å². The maximum atomic E-state index is 11.4. The van der Waals surface area contributed by atoms with Crippen molar-refractivity contribution in [1.82, 2.24) is 9.47 Å². The van der Waals surface area contributed by atoms with Crippen molar-refractivity contribution in [3.63, 3.8) is 0 Å². The molecule has 0 bridgehead atoms. The molecule has 0 radical (unpaired) electrons. The zero-order valence-electron chi connectivity index (χ0n) is 9.55. The largest absolute Gasteiger partial charge is 0.494 e. The molecule has 8 heteroatoms. The smallest absolute Gasteiger partial charge is 0.328 e. The van der Waals surface area contributed by atoms with E-state index >= 15 is 0 Å². The molecule has 1 aromatic rings. The van der Waals surface area contributed by atoms with E-state index in [1.807, 2.05) is 0 Å². The molecule has 8 nitrogen and oxygen atoms in total. The predicted molar refractivity (Wildman–Crippen MR) is 60.3 cm³/mol. The molecule has 2 heterocycles. The first-order valence-electron chi connectivity index (χ1n) is 5.27. The maximum absolute atomic E-state index is 11.4. The van der Waals surface area contributed by atoms with Crippen LogP contribution in [-0.4, -0.2) is 49.1 Å². The van der Waals surface area contributed by atoms with E-state index in [0.29, 0.717) is 0 Å². The van der Waals surface area contributed by atoms with Crippen LogP contribution in [0.5, 0.6) is 11.8 Å². The molecule has 0 aliphatic carbocycles. The molecule has 0 spiro atoms. The van der Waals surface area contributed by atoms with E-state index in [9.17, 15) is 24.6 Å². The van der Waals surface area contributed by atoms with Gasteiger partial charge in [-0.3, -0.25) is 19.1 Å². The third kappa shape index (κ3) is 2.15. The van der Waals surface area contributed by atoms with Crippen LogP contribution in [0.15, 0.2) is 24.3 Å². The molecule has 0 fully saturated rings. The van der Waals surface area contributed by atoms with Gasteiger partial charge in [0, 0.05) is 24.3 Å². The van der Waals surface area contributed by atoms with Gasteiger partial charge in [0.25, 0.3) is 11.8 Å². The van der Waals surface area contributed by atoms with Gasteiger partial charge in [-0.2, -0.15) is 0 Å². The lowest BCUT2D eigenvalue weighted by Crippen LogP contribution is -2.38. The average molecular weight is 266 g/mol. The van der Waals surface area contributed by atoms with E-state index in [4.69, 9.17) is 5.11 Å². The fourth-order valence-corrected chi connectivity index (χ4v) is 1.80. The summed E-state index contributed by atoms with van der Waals surface area (Å²) in [7, 11) is 0. The highest BCUT2D eigenvalue weighted by atomic mass is 16.4. The third-order valence-electron chi connectivity index (χ3n) is 2.73. The summed E-state index contributed by atoms with van der Waals surface area (Å²) in [5.41, 5.74) is 0. The number of imide groups is 1. The van der Waals surface area contributed by atoms with Gasteiger partial charge < -0.3 is 15.3 Å². The zero-order chi connectivity index (χ0) is 14.2. The molecule has 0 saturated carbocycles. The third-order valence-corrected chi connectivity index (χ3v) is 2.73. The Morgan fingerprint density at radius 2 is 1.58 bits per heavy atom. The second-order valence-electron chi connectivity index (χ2n) is 3.89. The first-order chi connectivity index (χ1) is 8.91. The topological polar surface area (TPSA) is 120 Å². The molecular weight excluding hydrogens is 256 g/mol. The molecular formula is C11H10N2O6. The molecule has 1 aromatic heterocycles. The van der Waals surface area contributed by atoms with Crippen molar-refractivity contribution in [2.75, 3.05) is 6.54 Å². The van der Waals surface area contributed by atoms with E-state index in [0.717, 1.165) is 33.8 Å². The second-order valence-corrected chi connectivity index (χ2v) is 3.89. The summed E-state index contributed by atoms with van der Waals surface area (Å²) >= 11 is 0. The number of carboxylic acid groups (broad SMARTS) is 1. The summed E-state index contributed by atoms with van der Waals surface area (Å²) < 4.78 is 0.723. The van der Waals surface area contributed by atoms with Gasteiger partial charge >= 0.3 is 5.97 Å². The number of carbonyl (C=O) groups is 3. The molecule has 3 N–H and O–H groups in total. The monoisotopic (exact) mass is 266 g/mol. The van der Waals surface area contributed by atoms with Gasteiger partial charge in [0.05, 0.1) is 6.54 Å². The quantitative estimate of drug-likeness (QED) is 0.629. The van der Waals surface area contributed by atoms with Crippen LogP contribution in [0.3, 0.4) is 0 Å². The molecule has 0 aromatic carbocycles. The number of hydrogen-bond donors (Lipinski definition) is 3. The van der Waals surface area contributed by atoms with Crippen LogP contribution in [0.2, 0.25) is 0 Å². The van der Waals surface area contributed by atoms with Crippen LogP contribution >= 0.6 is 0 Å². The van der Waals surface area contributed by atoms with Crippen molar-refractivity contribution >= 4 is 17.8 Å². The van der Waals surface area contributed by atoms with Crippen molar-refractivity contribution in [3.05, 3.63) is 24.3 Å². The minimum absolute atomic E-state index is 0.475. The molecule has 1 aliphatic heterocycles. The van der Waals surface area contributed by atoms with Crippen LogP contribution in [0.25, 0.3) is 0 Å². The zero-order valence-corrected chi connectivity index (χ0v) is 9.55. The minimum atomic E-state index is -1.47. The number of hydrogen-bond acceptors (Lipinski definition) is 5. The van der Waals surface area contributed by atoms with Gasteiger partial charge in [-0.15, -0.1) is 0 Å². The van der Waals surface area contributed by atoms with E-state index in [-0.39, 0.29) is 0 Å². The van der Waals surface area contributed by atoms with Gasteiger partial charge in [-0.05, 0) is 0 Å². The number of aromatic nitrogens is 1. The number of aromatic hydroxyl groups is 2. The minimum Gasteiger partial charge on any atom is -0.494 e. The number of amides is 2. The molecule has 1 aliphatic rings. The standard InChI is InChI=1S/C11H10N2O6/c14-7-1-2-8(15)12(7)5-6(11(18)19)13-9(16)3-4-10(13)17/h1-4,6,16-17H,5H2,(H,18,19). The highest BCUT2D eigenvalue weighted by molar-refractivity contribution is 6.13. The van der Waals surface area contributed by atoms with E-state index in [1.165, 1.54) is 0 Å². The average Bonchev–Trinajstić information content (AvgIpc) is 2.82. The summed E-state index contributed by atoms with van der Waals surface area (Å²) in [5, 5.41) is 28.1. The van der Waals surface area contributed by atoms with Crippen LogP contribution in [0, 0.1) is 0 Å². The molecule has 2 rings (SSSR count). The van der Waals surface area contributed by atoms with E-state index < -0.39 is 42.1 Å². The maximum Gasteiger partial charge on any atom is 0.328 e. The van der Waals surface area contributed by atoms with Crippen molar-refractivity contribution in [3.8, 4) is 11.8 Å². The molecule has 0 saturated heterocycles. The predicted octanol–water partition coefficient (Wildman–Crippen LogP) is -0.550. The van der Waals surface area contributed by atoms with E-state index in [1.54, 1.807) is 0 Å². The second kappa shape index (κ2) is 4.48. The fourth-order valence-electron chi connectivity index (χ4n) is 1.80. The summed E-state index contributed by atoms with van der Waals surface area (Å²) in [6.07, 6.45) is 2.05. The summed E-state index contributed by atoms with van der Waals surface area (Å²) in [6, 6.07) is 0.747. The molecule has 2 amide bonds. The Morgan fingerprint density at radius 3 is 2.00 bits per heavy atom. The molecule has 1 atom stereocenters. The van der Waals surface area contributed by atoms with Crippen LogP contribution < -0.4 is 0 Å². The van der Waals surface area contributed by atoms with Gasteiger partial charge in [0.1, 0.15) is 0 Å². The SMILES string of the molecule is O=C(O)C(CN1C(=O)C=CC1=O)n1c(O)ccc1O. The molecule has 1 unspecified atom stereocenters. The Morgan fingerprint density at radius 1 is 1.11 bits per heavy atom. The van der Waals surface area contributed by atoms with Gasteiger partial charge in [0.15, 0.2) is 17.8 Å². The first-order valence-corrected chi connectivity index (χ1v) is 5.27. The van der Waals surface area contributed by atoms with Gasteiger partial charge in [-0.25, -0.2) is 4.79 Å². The van der Waals surface area contributed by atoms with E-state index in [2.05, 4.69) is 0 Å². The Bertz CT molecular complexity index is 551. The van der Waals surface area contributed by atoms with Crippen molar-refractivity contribution in [2.45, 2.75) is 6.04 Å². The molecule has 19 heavy (non-hydrogen) atoms. The fraction of sp³-hybridized carbons (Fsp3) is 0.182. The lowest BCUT2D eigenvalue weighted by Gasteiger charge is -2.21. The number of carbonyl (C=O) groups excluding carboxylic acids is 2. The summed E-state index contributed by atoms with van der Waals surface area (Å²) in [5.74, 6) is -3.62. The Kier molecular flexibility index (Phi) is 2.99. The van der Waals surface area contributed by atoms with Crippen LogP contribution in [-0.2, 0) is 14.4 Å². The Balaban J connectivity index is 2.30. The Labute approximate surface area is 106 Å². The van der Waals surface area contributed by atoms with Gasteiger partial charge in [0.2, 0.25) is 0 Å². The first kappa shape index (κ1) is 12.7. The van der Waals surface area contributed by atoms with Gasteiger partial charge in [-0.1, -0.05) is 0 Å². The Hall–Kier alpha value is -2.77. The highest BCUT2D eigenvalue weighted by Crippen LogP contribution is 2.27. The van der Waals surface area contributed by atoms with Crippen molar-refractivity contribution in [2.24, 2.45) is 0 Å². The summed E-state index contributed by atoms with van der Waals surface area (Å²) in [4.78, 5) is 34.7. The number of nitrogens with zero attached hydrogens (tertiary/aromatic N) is 2. The number of rotatable bonds is 4. The van der Waals surface area contributed by atoms with Crippen molar-refractivity contribution < 1.29 is 29.7 Å². The normalized spacial score (nSPS) is 16.1. The highest BCUT2D eigenvalue weighted by Gasteiger charge is 2.32. The lowest BCUT2D eigenvalue weighted by atomic mass is 10.2. The number of aliphatic carboxylic acids is 1. The lowest BCUT2D eigenvalue weighted by molar-refractivity contribution is -0.144. The van der Waals surface area contributed by atoms with Crippen LogP contribution in [0.4, 0.5) is 0 Å². The summed E-state index contributed by atoms with van der Waals surface area (Å²) in [6.45, 7) is -0.490. The van der Waals surface area contributed by atoms with Crippen LogP contribution in [0.1, 0.15) is 6.04 Å². The molecule has 100 valence electrons. The number of carboxylic acids is 1.